The van der Waals surface area contributed by atoms with Gasteiger partial charge in [0.2, 0.25) is 5.91 Å². The van der Waals surface area contributed by atoms with Crippen LogP contribution in [0.5, 0.6) is 0 Å². The Hall–Kier alpha value is -2.27. The molecule has 0 aromatic heterocycles. The summed E-state index contributed by atoms with van der Waals surface area (Å²) in [5.41, 5.74) is 7.14. The third kappa shape index (κ3) is 3.79. The van der Waals surface area contributed by atoms with E-state index in [1.807, 2.05) is 36.4 Å². The first-order valence-corrected chi connectivity index (χ1v) is 8.93. The van der Waals surface area contributed by atoms with Gasteiger partial charge < -0.3 is 11.1 Å². The molecule has 124 valence electrons. The molecule has 3 N–H and O–H groups in total. The fraction of sp³-hybridized carbons (Fsp3) is 0.263. The number of hydrogen-bond donors (Lipinski definition) is 2. The normalized spacial score (nSPS) is 14.8. The van der Waals surface area contributed by atoms with Gasteiger partial charge in [-0.05, 0) is 30.5 Å². The minimum absolute atomic E-state index is 0.0756. The van der Waals surface area contributed by atoms with Crippen molar-refractivity contribution >= 4 is 23.6 Å². The van der Waals surface area contributed by atoms with Crippen molar-refractivity contribution in [3.63, 3.8) is 0 Å². The van der Waals surface area contributed by atoms with E-state index in [-0.39, 0.29) is 17.1 Å². The fourth-order valence-electron chi connectivity index (χ4n) is 2.78. The molecule has 2 amide bonds. The van der Waals surface area contributed by atoms with Crippen molar-refractivity contribution in [2.24, 2.45) is 5.73 Å². The molecule has 0 bridgehead atoms. The largest absolute Gasteiger partial charge is 0.369 e. The topological polar surface area (TPSA) is 72.2 Å². The van der Waals surface area contributed by atoms with Gasteiger partial charge in [-0.15, -0.1) is 11.8 Å². The molecule has 4 nitrogen and oxygen atoms in total. The van der Waals surface area contributed by atoms with Gasteiger partial charge in [0.15, 0.2) is 0 Å². The van der Waals surface area contributed by atoms with E-state index in [1.165, 1.54) is 17.3 Å². The van der Waals surface area contributed by atoms with Gasteiger partial charge in [0, 0.05) is 16.9 Å². The maximum atomic E-state index is 12.6. The Morgan fingerprint density at radius 1 is 1.04 bits per heavy atom. The Labute approximate surface area is 145 Å². The maximum Gasteiger partial charge on any atom is 0.252 e. The lowest BCUT2D eigenvalue weighted by atomic mass is 9.96. The zero-order valence-corrected chi connectivity index (χ0v) is 14.1. The third-order valence-corrected chi connectivity index (χ3v) is 5.42. The average molecular weight is 340 g/mol. The molecule has 2 aromatic carbocycles. The quantitative estimate of drug-likeness (QED) is 0.761. The van der Waals surface area contributed by atoms with E-state index in [1.54, 1.807) is 6.07 Å². The third-order valence-electron chi connectivity index (χ3n) is 4.33. The van der Waals surface area contributed by atoms with Gasteiger partial charge in [-0.3, -0.25) is 9.59 Å². The summed E-state index contributed by atoms with van der Waals surface area (Å²) >= 11 is 1.29. The van der Waals surface area contributed by atoms with Crippen LogP contribution < -0.4 is 11.1 Å². The van der Waals surface area contributed by atoms with Crippen molar-refractivity contribution in [2.75, 3.05) is 12.3 Å². The van der Waals surface area contributed by atoms with Crippen LogP contribution in [0.3, 0.4) is 0 Å². The van der Waals surface area contributed by atoms with Gasteiger partial charge in [-0.1, -0.05) is 42.5 Å². The summed E-state index contributed by atoms with van der Waals surface area (Å²) in [6.45, 7) is 0.630. The van der Waals surface area contributed by atoms with E-state index in [2.05, 4.69) is 17.4 Å². The summed E-state index contributed by atoms with van der Waals surface area (Å²) in [6, 6.07) is 17.6. The molecule has 0 aliphatic heterocycles. The van der Waals surface area contributed by atoms with Crippen LogP contribution in [0.1, 0.15) is 28.8 Å². The van der Waals surface area contributed by atoms with Crippen LogP contribution >= 0.6 is 11.8 Å². The molecule has 0 radical (unpaired) electrons. The number of hydrogen-bond acceptors (Lipinski definition) is 3. The molecule has 0 spiro atoms. The molecule has 1 aliphatic rings. The number of primary amides is 1. The van der Waals surface area contributed by atoms with Gasteiger partial charge in [0.1, 0.15) is 0 Å². The first-order chi connectivity index (χ1) is 11.6. The van der Waals surface area contributed by atoms with Crippen LogP contribution in [0.25, 0.3) is 0 Å². The van der Waals surface area contributed by atoms with E-state index >= 15 is 0 Å². The Bertz CT molecular complexity index is 742. The van der Waals surface area contributed by atoms with Crippen molar-refractivity contribution in [2.45, 2.75) is 23.2 Å². The van der Waals surface area contributed by atoms with E-state index in [0.717, 1.165) is 17.7 Å². The Kier molecular flexibility index (Phi) is 4.90. The molecule has 1 saturated carbocycles. The van der Waals surface area contributed by atoms with E-state index in [0.29, 0.717) is 12.1 Å². The number of nitrogens with one attached hydrogen (secondary N) is 1. The first-order valence-electron chi connectivity index (χ1n) is 7.95. The first kappa shape index (κ1) is 16.6. The van der Waals surface area contributed by atoms with Gasteiger partial charge in [0.05, 0.1) is 11.3 Å². The minimum atomic E-state index is -0.392. The molecule has 5 heteroatoms. The fourth-order valence-corrected chi connectivity index (χ4v) is 3.57. The van der Waals surface area contributed by atoms with Crippen molar-refractivity contribution < 1.29 is 9.59 Å². The highest BCUT2D eigenvalue weighted by molar-refractivity contribution is 8.00. The number of carbonyl (C=O) groups is 2. The van der Waals surface area contributed by atoms with Crippen LogP contribution in [0.15, 0.2) is 59.5 Å². The van der Waals surface area contributed by atoms with E-state index < -0.39 is 5.91 Å². The smallest absolute Gasteiger partial charge is 0.252 e. The molecule has 3 rings (SSSR count). The lowest BCUT2D eigenvalue weighted by Gasteiger charge is -2.17. The summed E-state index contributed by atoms with van der Waals surface area (Å²) < 4.78 is 0. The second kappa shape index (κ2) is 7.09. The minimum Gasteiger partial charge on any atom is -0.369 e. The van der Waals surface area contributed by atoms with Gasteiger partial charge in [-0.25, -0.2) is 0 Å². The standard InChI is InChI=1S/C19H20N2O2S/c20-17(22)12-24-16-9-5-4-8-15(16)18(23)21-13-19(10-11-19)14-6-2-1-3-7-14/h1-9H,10-13H2,(H2,20,22)(H,21,23). The van der Waals surface area contributed by atoms with Crippen molar-refractivity contribution in [3.8, 4) is 0 Å². The highest BCUT2D eigenvalue weighted by atomic mass is 32.2. The molecule has 0 unspecified atom stereocenters. The van der Waals surface area contributed by atoms with E-state index in [4.69, 9.17) is 5.73 Å². The average Bonchev–Trinajstić information content (AvgIpc) is 3.40. The lowest BCUT2D eigenvalue weighted by Crippen LogP contribution is -2.32. The Morgan fingerprint density at radius 3 is 2.38 bits per heavy atom. The highest BCUT2D eigenvalue weighted by Crippen LogP contribution is 2.47. The van der Waals surface area contributed by atoms with Crippen molar-refractivity contribution in [1.29, 1.82) is 0 Å². The summed E-state index contributed by atoms with van der Waals surface area (Å²) in [7, 11) is 0. The number of benzene rings is 2. The Balaban J connectivity index is 1.67. The lowest BCUT2D eigenvalue weighted by molar-refractivity contribution is -0.115. The van der Waals surface area contributed by atoms with Gasteiger partial charge >= 0.3 is 0 Å². The molecular formula is C19H20N2O2S. The predicted octanol–water partition coefficient (Wildman–Crippen LogP) is 2.73. The van der Waals surface area contributed by atoms with Gasteiger partial charge in [-0.2, -0.15) is 0 Å². The summed E-state index contributed by atoms with van der Waals surface area (Å²) in [6.07, 6.45) is 2.19. The summed E-state index contributed by atoms with van der Waals surface area (Å²) in [4.78, 5) is 24.3. The zero-order chi connectivity index (χ0) is 17.0. The second-order valence-electron chi connectivity index (χ2n) is 6.08. The molecule has 1 aliphatic carbocycles. The number of nitrogens with two attached hydrogens (primary N) is 1. The number of amides is 2. The van der Waals surface area contributed by atoms with Crippen molar-refractivity contribution in [1.82, 2.24) is 5.32 Å². The van der Waals surface area contributed by atoms with Crippen LogP contribution in [0, 0.1) is 0 Å². The molecule has 0 atom stereocenters. The number of thioether (sulfide) groups is 1. The van der Waals surface area contributed by atoms with Crippen LogP contribution in [0.2, 0.25) is 0 Å². The zero-order valence-electron chi connectivity index (χ0n) is 13.3. The number of carbonyl (C=O) groups excluding carboxylic acids is 2. The van der Waals surface area contributed by atoms with Gasteiger partial charge in [0.25, 0.3) is 5.91 Å². The highest BCUT2D eigenvalue weighted by Gasteiger charge is 2.44. The summed E-state index contributed by atoms with van der Waals surface area (Å²) in [5, 5.41) is 3.06. The van der Waals surface area contributed by atoms with Crippen LogP contribution in [0.4, 0.5) is 0 Å². The predicted molar refractivity (Wildman–Crippen MR) is 96.0 cm³/mol. The molecule has 0 heterocycles. The number of rotatable bonds is 7. The maximum absolute atomic E-state index is 12.6. The molecule has 2 aromatic rings. The van der Waals surface area contributed by atoms with Crippen LogP contribution in [-0.4, -0.2) is 24.1 Å². The SMILES string of the molecule is NC(=O)CSc1ccccc1C(=O)NCC1(c2ccccc2)CC1. The van der Waals surface area contributed by atoms with Crippen LogP contribution in [-0.2, 0) is 10.2 Å². The second-order valence-corrected chi connectivity index (χ2v) is 7.10. The van der Waals surface area contributed by atoms with Crippen molar-refractivity contribution in [3.05, 3.63) is 65.7 Å². The molecule has 1 fully saturated rings. The Morgan fingerprint density at radius 2 is 1.71 bits per heavy atom. The monoisotopic (exact) mass is 340 g/mol. The summed E-state index contributed by atoms with van der Waals surface area (Å²) in [5.74, 6) is -0.334. The van der Waals surface area contributed by atoms with E-state index in [9.17, 15) is 9.59 Å². The molecule has 0 saturated heterocycles. The molecular weight excluding hydrogens is 320 g/mol. The molecule has 24 heavy (non-hydrogen) atoms.